The van der Waals surface area contributed by atoms with E-state index in [1.807, 2.05) is 13.8 Å². The number of rotatable bonds is 3. The molecule has 0 radical (unpaired) electrons. The molecule has 0 unspecified atom stereocenters. The average Bonchev–Trinajstić information content (AvgIpc) is 2.10. The summed E-state index contributed by atoms with van der Waals surface area (Å²) >= 11 is 0. The maximum Gasteiger partial charge on any atom is 0.107 e. The molecule has 0 spiro atoms. The Morgan fingerprint density at radius 1 is 1.36 bits per heavy atom. The first-order valence-electron chi connectivity index (χ1n) is 3.38. The van der Waals surface area contributed by atoms with Gasteiger partial charge in [-0.2, -0.15) is 5.10 Å². The largest absolute Gasteiger partial charge is 0.323 e. The smallest absolute Gasteiger partial charge is 0.107 e. The van der Waals surface area contributed by atoms with E-state index in [-0.39, 0.29) is 5.71 Å². The van der Waals surface area contributed by atoms with Gasteiger partial charge in [0.25, 0.3) is 0 Å². The highest BCUT2D eigenvalue weighted by atomic mass is 15.1. The first-order chi connectivity index (χ1) is 5.26. The molecule has 0 aromatic heterocycles. The summed E-state index contributed by atoms with van der Waals surface area (Å²) in [5.74, 6) is 4.89. The van der Waals surface area contributed by atoms with Crippen LogP contribution in [0.5, 0.6) is 0 Å². The van der Waals surface area contributed by atoms with Gasteiger partial charge in [-0.15, -0.1) is 0 Å². The summed E-state index contributed by atoms with van der Waals surface area (Å²) in [5.41, 5.74) is 0.539. The van der Waals surface area contributed by atoms with Crippen molar-refractivity contribution >= 4 is 11.4 Å². The molecule has 62 valence electrons. The molecule has 0 heterocycles. The van der Waals surface area contributed by atoms with Gasteiger partial charge in [-0.1, -0.05) is 27.0 Å². The summed E-state index contributed by atoms with van der Waals surface area (Å²) < 4.78 is 0. The Morgan fingerprint density at radius 2 is 1.82 bits per heavy atom. The SMILES string of the molecule is C=CC(=N)/C(C=C)=N\N.CC. The van der Waals surface area contributed by atoms with Crippen molar-refractivity contribution in [3.05, 3.63) is 25.3 Å². The van der Waals surface area contributed by atoms with Crippen LogP contribution in [0.3, 0.4) is 0 Å². The minimum atomic E-state index is 0.188. The van der Waals surface area contributed by atoms with Gasteiger partial charge >= 0.3 is 0 Å². The first kappa shape index (κ1) is 12.3. The molecule has 3 heteroatoms. The zero-order valence-electron chi connectivity index (χ0n) is 7.09. The number of nitrogens with one attached hydrogen (secondary N) is 1. The average molecular weight is 153 g/mol. The highest BCUT2D eigenvalue weighted by Crippen LogP contribution is 1.81. The highest BCUT2D eigenvalue weighted by molar-refractivity contribution is 6.48. The van der Waals surface area contributed by atoms with Crippen LogP contribution in [0.4, 0.5) is 0 Å². The van der Waals surface area contributed by atoms with Crippen LogP contribution in [0.25, 0.3) is 0 Å². The summed E-state index contributed by atoms with van der Waals surface area (Å²) in [6.07, 6.45) is 2.76. The van der Waals surface area contributed by atoms with E-state index in [2.05, 4.69) is 18.3 Å². The second-order valence-corrected chi connectivity index (χ2v) is 1.34. The van der Waals surface area contributed by atoms with E-state index in [0.717, 1.165) is 0 Å². The molecule has 0 aromatic rings. The lowest BCUT2D eigenvalue weighted by molar-refractivity contribution is 1.26. The molecule has 3 nitrogen and oxygen atoms in total. The van der Waals surface area contributed by atoms with Gasteiger partial charge in [0.15, 0.2) is 0 Å². The standard InChI is InChI=1S/C6H9N3.C2H6/c1-3-5(7)6(4-2)9-8;1-2/h3-4,7H,1-2,8H2;1-2H3/b7-5?,9-6-;. The molecule has 0 aliphatic rings. The van der Waals surface area contributed by atoms with E-state index < -0.39 is 0 Å². The van der Waals surface area contributed by atoms with E-state index >= 15 is 0 Å². The number of hydrogen-bond acceptors (Lipinski definition) is 3. The summed E-state index contributed by atoms with van der Waals surface area (Å²) in [6, 6.07) is 0. The predicted octanol–water partition coefficient (Wildman–Crippen LogP) is 1.72. The lowest BCUT2D eigenvalue weighted by Gasteiger charge is -1.91. The Labute approximate surface area is 67.8 Å². The van der Waals surface area contributed by atoms with Gasteiger partial charge in [-0.3, -0.25) is 5.41 Å². The van der Waals surface area contributed by atoms with E-state index in [9.17, 15) is 0 Å². The summed E-state index contributed by atoms with van der Waals surface area (Å²) in [5, 5.41) is 10.4. The maximum atomic E-state index is 7.09. The molecular formula is C8H15N3. The molecule has 0 aliphatic heterocycles. The lowest BCUT2D eigenvalue weighted by Crippen LogP contribution is -2.08. The molecule has 0 amide bonds. The Kier molecular flexibility index (Phi) is 9.65. The van der Waals surface area contributed by atoms with E-state index in [4.69, 9.17) is 11.3 Å². The second kappa shape index (κ2) is 8.62. The normalized spacial score (nSPS) is 9.09. The first-order valence-corrected chi connectivity index (χ1v) is 3.38. The van der Waals surface area contributed by atoms with Crippen LogP contribution in [0.15, 0.2) is 30.4 Å². The van der Waals surface area contributed by atoms with Crippen LogP contribution in [-0.4, -0.2) is 11.4 Å². The predicted molar refractivity (Wildman–Crippen MR) is 51.1 cm³/mol. The van der Waals surface area contributed by atoms with Crippen molar-refractivity contribution in [1.82, 2.24) is 0 Å². The minimum Gasteiger partial charge on any atom is -0.323 e. The van der Waals surface area contributed by atoms with Crippen LogP contribution in [-0.2, 0) is 0 Å². The van der Waals surface area contributed by atoms with Crippen LogP contribution in [0, 0.1) is 5.41 Å². The minimum absolute atomic E-state index is 0.188. The Morgan fingerprint density at radius 3 is 1.91 bits per heavy atom. The fourth-order valence-electron chi connectivity index (χ4n) is 0.337. The van der Waals surface area contributed by atoms with E-state index in [1.54, 1.807) is 0 Å². The zero-order chi connectivity index (χ0) is 9.28. The summed E-state index contributed by atoms with van der Waals surface area (Å²) in [6.45, 7) is 10.8. The van der Waals surface area contributed by atoms with Crippen molar-refractivity contribution in [3.63, 3.8) is 0 Å². The van der Waals surface area contributed by atoms with Gasteiger partial charge in [0, 0.05) is 0 Å². The number of hydrazone groups is 1. The third-order valence-corrected chi connectivity index (χ3v) is 0.813. The van der Waals surface area contributed by atoms with E-state index in [0.29, 0.717) is 5.71 Å². The Hall–Kier alpha value is -1.38. The molecule has 0 aromatic carbocycles. The molecular weight excluding hydrogens is 138 g/mol. The van der Waals surface area contributed by atoms with Crippen LogP contribution < -0.4 is 5.84 Å². The van der Waals surface area contributed by atoms with Crippen LogP contribution in [0.1, 0.15) is 13.8 Å². The Balaban J connectivity index is 0. The van der Waals surface area contributed by atoms with Crippen molar-refractivity contribution in [2.75, 3.05) is 0 Å². The molecule has 0 atom stereocenters. The molecule has 3 N–H and O–H groups in total. The fourth-order valence-corrected chi connectivity index (χ4v) is 0.337. The number of hydrogen-bond donors (Lipinski definition) is 2. The van der Waals surface area contributed by atoms with Crippen molar-refractivity contribution < 1.29 is 0 Å². The molecule has 11 heavy (non-hydrogen) atoms. The van der Waals surface area contributed by atoms with Gasteiger partial charge in [-0.25, -0.2) is 0 Å². The third-order valence-electron chi connectivity index (χ3n) is 0.813. The molecule has 0 rings (SSSR count). The van der Waals surface area contributed by atoms with Gasteiger partial charge in [0.05, 0.1) is 5.71 Å². The topological polar surface area (TPSA) is 62.2 Å². The zero-order valence-corrected chi connectivity index (χ0v) is 7.09. The molecule has 0 aliphatic carbocycles. The second-order valence-electron chi connectivity index (χ2n) is 1.34. The fraction of sp³-hybridized carbons (Fsp3) is 0.250. The van der Waals surface area contributed by atoms with Gasteiger partial charge in [-0.05, 0) is 12.2 Å². The summed E-state index contributed by atoms with van der Waals surface area (Å²) in [7, 11) is 0. The van der Waals surface area contributed by atoms with Crippen LogP contribution in [0.2, 0.25) is 0 Å². The van der Waals surface area contributed by atoms with Gasteiger partial charge in [0.1, 0.15) is 5.71 Å². The highest BCUT2D eigenvalue weighted by Gasteiger charge is 1.94. The Bertz CT molecular complexity index is 168. The van der Waals surface area contributed by atoms with Crippen molar-refractivity contribution in [2.45, 2.75) is 13.8 Å². The van der Waals surface area contributed by atoms with Crippen molar-refractivity contribution in [2.24, 2.45) is 10.9 Å². The quantitative estimate of drug-likeness (QED) is 0.362. The molecule has 0 bridgehead atoms. The van der Waals surface area contributed by atoms with E-state index in [1.165, 1.54) is 12.2 Å². The molecule has 0 fully saturated rings. The molecule has 0 saturated carbocycles. The monoisotopic (exact) mass is 153 g/mol. The maximum absolute atomic E-state index is 7.09. The van der Waals surface area contributed by atoms with Gasteiger partial charge in [0.2, 0.25) is 0 Å². The lowest BCUT2D eigenvalue weighted by atomic mass is 10.2. The van der Waals surface area contributed by atoms with Crippen molar-refractivity contribution in [1.29, 1.82) is 5.41 Å². The number of nitrogens with zero attached hydrogens (tertiary/aromatic N) is 1. The molecule has 0 saturated heterocycles. The number of allylic oxidation sites excluding steroid dienone is 2. The summed E-state index contributed by atoms with van der Waals surface area (Å²) in [4.78, 5) is 0. The van der Waals surface area contributed by atoms with Crippen LogP contribution >= 0.6 is 0 Å². The number of nitrogens with two attached hydrogens (primary N) is 1. The van der Waals surface area contributed by atoms with Gasteiger partial charge < -0.3 is 5.84 Å². The van der Waals surface area contributed by atoms with Crippen molar-refractivity contribution in [3.8, 4) is 0 Å². The third kappa shape index (κ3) is 5.08.